The van der Waals surface area contributed by atoms with Crippen LogP contribution in [-0.2, 0) is 4.57 Å². The van der Waals surface area contributed by atoms with E-state index in [2.05, 4.69) is 29.8 Å². The molecule has 82 valence electrons. The fourth-order valence-electron chi connectivity index (χ4n) is 0.412. The third-order valence-corrected chi connectivity index (χ3v) is 2.79. The Morgan fingerprint density at radius 3 is 1.85 bits per heavy atom. The highest BCUT2D eigenvalue weighted by atomic mass is 79.9. The van der Waals surface area contributed by atoms with E-state index in [9.17, 15) is 4.57 Å². The minimum absolute atomic E-state index is 0.0125. The number of hydrogen-bond donors (Lipinski definition) is 2. The van der Waals surface area contributed by atoms with E-state index in [-0.39, 0.29) is 6.16 Å². The van der Waals surface area contributed by atoms with E-state index in [4.69, 9.17) is 9.79 Å². The van der Waals surface area contributed by atoms with Crippen molar-refractivity contribution >= 4 is 23.5 Å². The second-order valence-electron chi connectivity index (χ2n) is 2.78. The van der Waals surface area contributed by atoms with Gasteiger partial charge in [0.1, 0.15) is 0 Å². The zero-order valence-corrected chi connectivity index (χ0v) is 10.9. The molecule has 0 atom stereocenters. The molecule has 0 spiro atoms. The van der Waals surface area contributed by atoms with E-state index in [0.29, 0.717) is 6.42 Å². The maximum Gasteiger partial charge on any atom is 0.325 e. The maximum absolute atomic E-state index is 10.2. The Balaban J connectivity index is 0. The molecular formula is C8H20BrO3P. The smallest absolute Gasteiger partial charge is 0.324 e. The second kappa shape index (κ2) is 10.7. The summed E-state index contributed by atoms with van der Waals surface area (Å²) >= 11 is 3.16. The lowest BCUT2D eigenvalue weighted by Gasteiger charge is -2.00. The first-order valence-corrected chi connectivity index (χ1v) is 7.50. The average molecular weight is 275 g/mol. The summed E-state index contributed by atoms with van der Waals surface area (Å²) in [5.74, 6) is 0. The minimum Gasteiger partial charge on any atom is -0.324 e. The number of alkyl halides is 1. The maximum atomic E-state index is 10.2. The molecule has 0 amide bonds. The molecule has 0 aliphatic heterocycles. The second-order valence-corrected chi connectivity index (χ2v) is 5.35. The van der Waals surface area contributed by atoms with Crippen LogP contribution in [0, 0.1) is 0 Å². The minimum atomic E-state index is -3.72. The Morgan fingerprint density at radius 1 is 1.15 bits per heavy atom. The molecule has 0 rings (SSSR count). The summed E-state index contributed by atoms with van der Waals surface area (Å²) in [5, 5.41) is 0.812. The standard InChI is InChI=1S/C4H10BrO3P.C4H10/c5-3-1-2-4-9(6,7)8;1-3-4-2/h1-4H2,(H2,6,7,8);3-4H2,1-2H3. The van der Waals surface area contributed by atoms with Crippen molar-refractivity contribution in [1.82, 2.24) is 0 Å². The third kappa shape index (κ3) is 24.5. The molecule has 0 radical (unpaired) electrons. The summed E-state index contributed by atoms with van der Waals surface area (Å²) in [6, 6.07) is 0. The number of unbranched alkanes of at least 4 members (excludes halogenated alkanes) is 2. The van der Waals surface area contributed by atoms with Crippen molar-refractivity contribution in [1.29, 1.82) is 0 Å². The molecule has 0 aliphatic rings. The lowest BCUT2D eigenvalue weighted by Crippen LogP contribution is -1.87. The highest BCUT2D eigenvalue weighted by Gasteiger charge is 2.10. The van der Waals surface area contributed by atoms with Crippen LogP contribution in [-0.4, -0.2) is 21.3 Å². The van der Waals surface area contributed by atoms with Gasteiger partial charge in [-0.25, -0.2) is 0 Å². The van der Waals surface area contributed by atoms with Gasteiger partial charge in [0.2, 0.25) is 0 Å². The van der Waals surface area contributed by atoms with Gasteiger partial charge in [-0.1, -0.05) is 42.6 Å². The van der Waals surface area contributed by atoms with Crippen LogP contribution >= 0.6 is 23.5 Å². The average Bonchev–Trinajstić information content (AvgIpc) is 2.03. The van der Waals surface area contributed by atoms with Crippen LogP contribution in [0.2, 0.25) is 0 Å². The van der Waals surface area contributed by atoms with E-state index in [1.807, 2.05) is 0 Å². The predicted molar refractivity (Wildman–Crippen MR) is 60.5 cm³/mol. The van der Waals surface area contributed by atoms with Gasteiger partial charge in [-0.2, -0.15) is 0 Å². The lowest BCUT2D eigenvalue weighted by molar-refractivity contribution is 0.371. The molecule has 2 N–H and O–H groups in total. The molecular weight excluding hydrogens is 255 g/mol. The van der Waals surface area contributed by atoms with Gasteiger partial charge in [0.15, 0.2) is 0 Å². The lowest BCUT2D eigenvalue weighted by atomic mass is 10.4. The molecule has 0 bridgehead atoms. The van der Waals surface area contributed by atoms with Crippen molar-refractivity contribution < 1.29 is 14.4 Å². The van der Waals surface area contributed by atoms with Crippen molar-refractivity contribution in [2.45, 2.75) is 39.5 Å². The van der Waals surface area contributed by atoms with Gasteiger partial charge < -0.3 is 9.79 Å². The normalized spacial score (nSPS) is 10.5. The fourth-order valence-corrected chi connectivity index (χ4v) is 1.44. The van der Waals surface area contributed by atoms with Crippen LogP contribution in [0.5, 0.6) is 0 Å². The highest BCUT2D eigenvalue weighted by molar-refractivity contribution is 9.09. The van der Waals surface area contributed by atoms with Crippen molar-refractivity contribution in [2.75, 3.05) is 11.5 Å². The van der Waals surface area contributed by atoms with Gasteiger partial charge in [0.05, 0.1) is 0 Å². The first kappa shape index (κ1) is 16.1. The zero-order chi connectivity index (χ0) is 10.7. The third-order valence-electron chi connectivity index (χ3n) is 1.33. The van der Waals surface area contributed by atoms with Crippen molar-refractivity contribution in [2.24, 2.45) is 0 Å². The fraction of sp³-hybridized carbons (Fsp3) is 1.00. The number of rotatable bonds is 5. The van der Waals surface area contributed by atoms with Crippen molar-refractivity contribution in [3.63, 3.8) is 0 Å². The Morgan fingerprint density at radius 2 is 1.62 bits per heavy atom. The summed E-state index contributed by atoms with van der Waals surface area (Å²) in [7, 11) is -3.72. The molecule has 3 nitrogen and oxygen atoms in total. The van der Waals surface area contributed by atoms with E-state index < -0.39 is 7.60 Å². The Bertz CT molecular complexity index is 133. The molecule has 0 saturated heterocycles. The summed E-state index contributed by atoms with van der Waals surface area (Å²) in [4.78, 5) is 16.7. The predicted octanol–water partition coefficient (Wildman–Crippen LogP) is 3.15. The largest absolute Gasteiger partial charge is 0.325 e. The first-order valence-electron chi connectivity index (χ1n) is 4.58. The van der Waals surface area contributed by atoms with Crippen molar-refractivity contribution in [3.8, 4) is 0 Å². The van der Waals surface area contributed by atoms with E-state index in [1.54, 1.807) is 0 Å². The summed E-state index contributed by atoms with van der Waals surface area (Å²) in [6.45, 7) is 4.36. The Kier molecular flexibility index (Phi) is 13.2. The van der Waals surface area contributed by atoms with Gasteiger partial charge >= 0.3 is 7.60 Å². The van der Waals surface area contributed by atoms with Gasteiger partial charge in [-0.15, -0.1) is 0 Å². The molecule has 0 aliphatic carbocycles. The van der Waals surface area contributed by atoms with Crippen LogP contribution in [0.15, 0.2) is 0 Å². The first-order chi connectivity index (χ1) is 5.97. The van der Waals surface area contributed by atoms with Crippen LogP contribution in [0.3, 0.4) is 0 Å². The number of halogens is 1. The SMILES string of the molecule is CCCC.O=P(O)(O)CCCCBr. The summed E-state index contributed by atoms with van der Waals surface area (Å²) < 4.78 is 10.2. The van der Waals surface area contributed by atoms with Gasteiger partial charge in [-0.05, 0) is 12.8 Å². The highest BCUT2D eigenvalue weighted by Crippen LogP contribution is 2.35. The molecule has 13 heavy (non-hydrogen) atoms. The topological polar surface area (TPSA) is 57.5 Å². The molecule has 0 unspecified atom stereocenters. The molecule has 0 aromatic carbocycles. The molecule has 0 fully saturated rings. The van der Waals surface area contributed by atoms with Crippen molar-refractivity contribution in [3.05, 3.63) is 0 Å². The van der Waals surface area contributed by atoms with Crippen LogP contribution in [0.25, 0.3) is 0 Å². The summed E-state index contributed by atoms with van der Waals surface area (Å²) in [6.07, 6.45) is 4.07. The van der Waals surface area contributed by atoms with Crippen LogP contribution < -0.4 is 0 Å². The number of hydrogen-bond acceptors (Lipinski definition) is 1. The molecule has 0 aromatic rings. The van der Waals surface area contributed by atoms with E-state index >= 15 is 0 Å². The van der Waals surface area contributed by atoms with E-state index in [0.717, 1.165) is 11.8 Å². The summed E-state index contributed by atoms with van der Waals surface area (Å²) in [5.41, 5.74) is 0. The van der Waals surface area contributed by atoms with Gasteiger partial charge in [0, 0.05) is 11.5 Å². The van der Waals surface area contributed by atoms with Crippen LogP contribution in [0.1, 0.15) is 39.5 Å². The monoisotopic (exact) mass is 274 g/mol. The Labute approximate surface area is 89.2 Å². The molecule has 5 heteroatoms. The molecule has 0 saturated carbocycles. The Hall–Kier alpha value is 0.630. The van der Waals surface area contributed by atoms with Crippen LogP contribution in [0.4, 0.5) is 0 Å². The van der Waals surface area contributed by atoms with E-state index in [1.165, 1.54) is 12.8 Å². The molecule has 0 heterocycles. The quantitative estimate of drug-likeness (QED) is 0.460. The zero-order valence-electron chi connectivity index (χ0n) is 8.37. The van der Waals surface area contributed by atoms with Gasteiger partial charge in [0.25, 0.3) is 0 Å². The molecule has 0 aromatic heterocycles. The van der Waals surface area contributed by atoms with Gasteiger partial charge in [-0.3, -0.25) is 4.57 Å².